The number of fused-ring (bicyclic) bond motifs is 1. The van der Waals surface area contributed by atoms with Crippen molar-refractivity contribution < 1.29 is 5.11 Å². The van der Waals surface area contributed by atoms with Crippen LogP contribution in [0.5, 0.6) is 5.75 Å². The maximum Gasteiger partial charge on any atom is 0.165 e. The highest BCUT2D eigenvalue weighted by molar-refractivity contribution is 5.65. The Morgan fingerprint density at radius 3 is 2.82 bits per heavy atom. The lowest BCUT2D eigenvalue weighted by atomic mass is 10.1. The Bertz CT molecular complexity index is 583. The first kappa shape index (κ1) is 10.0. The van der Waals surface area contributed by atoms with Crippen LogP contribution in [0.2, 0.25) is 0 Å². The Morgan fingerprint density at radius 2 is 2.00 bits per heavy atom. The van der Waals surface area contributed by atoms with Crippen LogP contribution in [0.3, 0.4) is 0 Å². The minimum atomic E-state index is 0.165. The van der Waals surface area contributed by atoms with Crippen molar-refractivity contribution in [2.45, 2.75) is 13.1 Å². The number of para-hydroxylation sites is 1. The molecule has 0 unspecified atom stereocenters. The van der Waals surface area contributed by atoms with Gasteiger partial charge in [0.25, 0.3) is 0 Å². The lowest BCUT2D eigenvalue weighted by molar-refractivity contribution is 0.477. The van der Waals surface area contributed by atoms with Gasteiger partial charge in [-0.25, -0.2) is 9.97 Å². The largest absolute Gasteiger partial charge is 0.507 e. The quantitative estimate of drug-likeness (QED) is 0.679. The molecule has 0 amide bonds. The van der Waals surface area contributed by atoms with Crippen LogP contribution in [0, 0.1) is 0 Å². The third-order valence-corrected chi connectivity index (χ3v) is 2.86. The monoisotopic (exact) mass is 228 g/mol. The van der Waals surface area contributed by atoms with Gasteiger partial charge in [0.15, 0.2) is 5.82 Å². The van der Waals surface area contributed by atoms with Gasteiger partial charge in [-0.1, -0.05) is 12.1 Å². The molecule has 2 aromatic rings. The Hall–Kier alpha value is -2.14. The normalized spacial score (nSPS) is 13.6. The summed E-state index contributed by atoms with van der Waals surface area (Å²) < 4.78 is 0. The second kappa shape index (κ2) is 3.71. The summed E-state index contributed by atoms with van der Waals surface area (Å²) in [6, 6.07) is 6.98. The standard InChI is InChI=1S/C12H12N4O/c13-11-8-5-14-6-9(8)15-12(16-11)7-3-1-2-4-10(7)17/h1-4,14,17H,5-6H2,(H2,13,15,16). The van der Waals surface area contributed by atoms with Crippen molar-refractivity contribution in [1.82, 2.24) is 15.3 Å². The van der Waals surface area contributed by atoms with Crippen molar-refractivity contribution in [2.75, 3.05) is 5.73 Å². The Morgan fingerprint density at radius 1 is 1.18 bits per heavy atom. The van der Waals surface area contributed by atoms with Gasteiger partial charge in [-0.05, 0) is 12.1 Å². The van der Waals surface area contributed by atoms with Crippen LogP contribution in [0.1, 0.15) is 11.3 Å². The Balaban J connectivity index is 2.17. The summed E-state index contributed by atoms with van der Waals surface area (Å²) in [6.45, 7) is 1.41. The number of hydrogen-bond donors (Lipinski definition) is 3. The number of nitrogens with zero attached hydrogens (tertiary/aromatic N) is 2. The van der Waals surface area contributed by atoms with Gasteiger partial charge < -0.3 is 16.2 Å². The number of benzene rings is 1. The molecule has 1 aromatic heterocycles. The number of nitrogens with two attached hydrogens (primary N) is 1. The highest BCUT2D eigenvalue weighted by Gasteiger charge is 2.18. The molecule has 0 atom stereocenters. The van der Waals surface area contributed by atoms with E-state index in [9.17, 15) is 5.11 Å². The highest BCUT2D eigenvalue weighted by Crippen LogP contribution is 2.28. The van der Waals surface area contributed by atoms with E-state index in [1.54, 1.807) is 18.2 Å². The van der Waals surface area contributed by atoms with E-state index in [2.05, 4.69) is 15.3 Å². The third-order valence-electron chi connectivity index (χ3n) is 2.86. The average molecular weight is 228 g/mol. The van der Waals surface area contributed by atoms with Crippen molar-refractivity contribution >= 4 is 5.82 Å². The molecule has 0 radical (unpaired) electrons. The number of nitrogen functional groups attached to an aromatic ring is 1. The molecule has 0 bridgehead atoms. The summed E-state index contributed by atoms with van der Waals surface area (Å²) in [5, 5.41) is 12.9. The number of aromatic nitrogens is 2. The number of rotatable bonds is 1. The number of phenolic OH excluding ortho intramolecular Hbond substituents is 1. The molecule has 2 heterocycles. The first-order valence-corrected chi connectivity index (χ1v) is 5.40. The van der Waals surface area contributed by atoms with Gasteiger partial charge in [0.1, 0.15) is 11.6 Å². The summed E-state index contributed by atoms with van der Waals surface area (Å²) in [5.74, 6) is 1.12. The topological polar surface area (TPSA) is 84.1 Å². The van der Waals surface area contributed by atoms with E-state index in [1.165, 1.54) is 0 Å². The zero-order valence-electron chi connectivity index (χ0n) is 9.14. The maximum absolute atomic E-state index is 9.77. The molecule has 17 heavy (non-hydrogen) atoms. The molecule has 1 aliphatic rings. The first-order chi connectivity index (χ1) is 8.25. The summed E-state index contributed by atoms with van der Waals surface area (Å²) in [4.78, 5) is 8.67. The molecule has 0 fully saturated rings. The molecule has 0 spiro atoms. The second-order valence-corrected chi connectivity index (χ2v) is 3.98. The van der Waals surface area contributed by atoms with Crippen LogP contribution in [0.4, 0.5) is 5.82 Å². The second-order valence-electron chi connectivity index (χ2n) is 3.98. The molecule has 0 saturated carbocycles. The van der Waals surface area contributed by atoms with Crippen LogP contribution in [-0.2, 0) is 13.1 Å². The minimum Gasteiger partial charge on any atom is -0.507 e. The zero-order valence-corrected chi connectivity index (χ0v) is 9.14. The van der Waals surface area contributed by atoms with Crippen LogP contribution < -0.4 is 11.1 Å². The molecule has 3 rings (SSSR count). The number of hydrogen-bond acceptors (Lipinski definition) is 5. The lowest BCUT2D eigenvalue weighted by Gasteiger charge is -2.07. The number of nitrogens with one attached hydrogen (secondary N) is 1. The summed E-state index contributed by atoms with van der Waals surface area (Å²) >= 11 is 0. The molecule has 86 valence electrons. The van der Waals surface area contributed by atoms with Gasteiger partial charge in [-0.15, -0.1) is 0 Å². The van der Waals surface area contributed by atoms with E-state index < -0.39 is 0 Å². The molecule has 1 aliphatic heterocycles. The van der Waals surface area contributed by atoms with Crippen LogP contribution in [0.15, 0.2) is 24.3 Å². The van der Waals surface area contributed by atoms with E-state index in [0.29, 0.717) is 30.3 Å². The molecular formula is C12H12N4O. The maximum atomic E-state index is 9.77. The average Bonchev–Trinajstić information content (AvgIpc) is 2.78. The zero-order chi connectivity index (χ0) is 11.8. The van der Waals surface area contributed by atoms with Gasteiger partial charge in [-0.3, -0.25) is 0 Å². The van der Waals surface area contributed by atoms with Gasteiger partial charge >= 0.3 is 0 Å². The predicted molar refractivity (Wildman–Crippen MR) is 64.1 cm³/mol. The first-order valence-electron chi connectivity index (χ1n) is 5.40. The minimum absolute atomic E-state index is 0.165. The molecule has 0 saturated heterocycles. The fraction of sp³-hybridized carbons (Fsp3) is 0.167. The number of phenols is 1. The summed E-state index contributed by atoms with van der Waals surface area (Å²) in [7, 11) is 0. The van der Waals surface area contributed by atoms with Gasteiger partial charge in [0.2, 0.25) is 0 Å². The molecule has 5 heteroatoms. The fourth-order valence-corrected chi connectivity index (χ4v) is 1.98. The van der Waals surface area contributed by atoms with Gasteiger partial charge in [0.05, 0.1) is 11.3 Å². The van der Waals surface area contributed by atoms with E-state index in [-0.39, 0.29) is 5.75 Å². The molecular weight excluding hydrogens is 216 g/mol. The molecule has 1 aromatic carbocycles. The fourth-order valence-electron chi connectivity index (χ4n) is 1.98. The summed E-state index contributed by atoms with van der Waals surface area (Å²) in [5.41, 5.74) is 8.37. The van der Waals surface area contributed by atoms with Gasteiger partial charge in [0, 0.05) is 18.7 Å². The van der Waals surface area contributed by atoms with Crippen molar-refractivity contribution in [2.24, 2.45) is 0 Å². The van der Waals surface area contributed by atoms with E-state index in [1.807, 2.05) is 6.07 Å². The van der Waals surface area contributed by atoms with E-state index >= 15 is 0 Å². The lowest BCUT2D eigenvalue weighted by Crippen LogP contribution is -2.03. The van der Waals surface area contributed by atoms with Gasteiger partial charge in [-0.2, -0.15) is 0 Å². The van der Waals surface area contributed by atoms with Crippen LogP contribution in [-0.4, -0.2) is 15.1 Å². The van der Waals surface area contributed by atoms with Crippen molar-refractivity contribution in [3.63, 3.8) is 0 Å². The number of anilines is 1. The SMILES string of the molecule is Nc1nc(-c2ccccc2O)nc2c1CNC2. The highest BCUT2D eigenvalue weighted by atomic mass is 16.3. The van der Waals surface area contributed by atoms with Crippen molar-refractivity contribution in [3.05, 3.63) is 35.5 Å². The Labute approximate surface area is 98.3 Å². The molecule has 5 nitrogen and oxygen atoms in total. The summed E-state index contributed by atoms with van der Waals surface area (Å²) in [6.07, 6.45) is 0. The molecule has 4 N–H and O–H groups in total. The predicted octanol–water partition coefficient (Wildman–Crippen LogP) is 1.03. The Kier molecular flexibility index (Phi) is 2.19. The van der Waals surface area contributed by atoms with Crippen molar-refractivity contribution in [3.8, 4) is 17.1 Å². The van der Waals surface area contributed by atoms with E-state index in [4.69, 9.17) is 5.73 Å². The number of aromatic hydroxyl groups is 1. The molecule has 0 aliphatic carbocycles. The van der Waals surface area contributed by atoms with E-state index in [0.717, 1.165) is 11.3 Å². The van der Waals surface area contributed by atoms with Crippen LogP contribution in [0.25, 0.3) is 11.4 Å². The third kappa shape index (κ3) is 1.60. The van der Waals surface area contributed by atoms with Crippen molar-refractivity contribution in [1.29, 1.82) is 0 Å². The van der Waals surface area contributed by atoms with Crippen LogP contribution >= 0.6 is 0 Å². The smallest absolute Gasteiger partial charge is 0.165 e.